The van der Waals surface area contributed by atoms with Crippen molar-refractivity contribution in [3.8, 4) is 0 Å². The monoisotopic (exact) mass is 475 g/mol. The quantitative estimate of drug-likeness (QED) is 0.423. The number of hydrogen-bond acceptors (Lipinski definition) is 6. The van der Waals surface area contributed by atoms with Crippen molar-refractivity contribution in [1.82, 2.24) is 9.88 Å². The maximum absolute atomic E-state index is 13.5. The number of halogens is 1. The van der Waals surface area contributed by atoms with Gasteiger partial charge in [-0.3, -0.25) is 9.69 Å². The van der Waals surface area contributed by atoms with Gasteiger partial charge in [-0.15, -0.1) is 12.4 Å². The first-order chi connectivity index (χ1) is 14.9. The Balaban J connectivity index is 0.00000363. The number of fused-ring (bicyclic) bond motifs is 1. The fraction of sp³-hybridized carbons (Fsp3) is 0.375. The highest BCUT2D eigenvalue weighted by Gasteiger charge is 2.22. The fourth-order valence-electron chi connectivity index (χ4n) is 3.37. The maximum atomic E-state index is 13.5. The Morgan fingerprint density at radius 2 is 1.56 bits per heavy atom. The number of nitrogens with zero attached hydrogens (tertiary/aromatic N) is 3. The third kappa shape index (κ3) is 5.65. The number of esters is 1. The SMILES string of the molecule is CCN(CC)CCN(C(=O)c1ccc(C(=O)OC)cc1)c1nc2cc(C)c(C)cc2s1.Cl. The van der Waals surface area contributed by atoms with Crippen LogP contribution in [0, 0.1) is 13.8 Å². The molecule has 0 aliphatic carbocycles. The molecule has 0 spiro atoms. The minimum atomic E-state index is -0.422. The first kappa shape index (κ1) is 25.8. The highest BCUT2D eigenvalue weighted by molar-refractivity contribution is 7.22. The largest absolute Gasteiger partial charge is 0.465 e. The standard InChI is InChI=1S/C24H29N3O3S.ClH/c1-6-26(7-2)12-13-27(22(28)18-8-10-19(11-9-18)23(29)30-5)24-25-20-14-16(3)17(4)15-21(20)31-24;/h8-11,14-15H,6-7,12-13H2,1-5H3;1H. The van der Waals surface area contributed by atoms with Gasteiger partial charge in [0.25, 0.3) is 5.91 Å². The zero-order valence-electron chi connectivity index (χ0n) is 19.2. The zero-order valence-corrected chi connectivity index (χ0v) is 20.8. The van der Waals surface area contributed by atoms with Gasteiger partial charge in [-0.1, -0.05) is 25.2 Å². The molecular weight excluding hydrogens is 446 g/mol. The number of benzene rings is 2. The molecule has 0 atom stereocenters. The van der Waals surface area contributed by atoms with E-state index in [0.717, 1.165) is 29.9 Å². The number of hydrogen-bond donors (Lipinski definition) is 0. The molecule has 3 aromatic rings. The molecule has 1 aromatic heterocycles. The number of anilines is 1. The Morgan fingerprint density at radius 1 is 0.969 bits per heavy atom. The number of ether oxygens (including phenoxy) is 1. The Bertz CT molecular complexity index is 1040. The van der Waals surface area contributed by atoms with Gasteiger partial charge < -0.3 is 9.64 Å². The van der Waals surface area contributed by atoms with Crippen LogP contribution in [0.5, 0.6) is 0 Å². The lowest BCUT2D eigenvalue weighted by Gasteiger charge is -2.24. The van der Waals surface area contributed by atoms with Crippen molar-refractivity contribution >= 4 is 51.0 Å². The van der Waals surface area contributed by atoms with Crippen molar-refractivity contribution in [3.63, 3.8) is 0 Å². The molecule has 0 unspecified atom stereocenters. The Labute approximate surface area is 199 Å². The van der Waals surface area contributed by atoms with E-state index < -0.39 is 5.97 Å². The maximum Gasteiger partial charge on any atom is 0.337 e. The van der Waals surface area contributed by atoms with Crippen LogP contribution in [0.1, 0.15) is 45.7 Å². The summed E-state index contributed by atoms with van der Waals surface area (Å²) in [4.78, 5) is 34.0. The number of likely N-dealkylation sites (N-methyl/N-ethyl adjacent to an activating group) is 1. The zero-order chi connectivity index (χ0) is 22.5. The average Bonchev–Trinajstić information content (AvgIpc) is 3.18. The van der Waals surface area contributed by atoms with Crippen LogP contribution < -0.4 is 4.90 Å². The van der Waals surface area contributed by atoms with Crippen molar-refractivity contribution in [2.24, 2.45) is 0 Å². The van der Waals surface area contributed by atoms with Crippen molar-refractivity contribution in [2.45, 2.75) is 27.7 Å². The Morgan fingerprint density at radius 3 is 2.16 bits per heavy atom. The molecule has 0 bridgehead atoms. The number of carbonyl (C=O) groups is 2. The molecule has 0 aliphatic heterocycles. The van der Waals surface area contributed by atoms with Crippen molar-refractivity contribution in [3.05, 3.63) is 58.7 Å². The summed E-state index contributed by atoms with van der Waals surface area (Å²) in [5.74, 6) is -0.551. The molecule has 0 N–H and O–H groups in total. The summed E-state index contributed by atoms with van der Waals surface area (Å²) in [5, 5.41) is 0.689. The van der Waals surface area contributed by atoms with E-state index in [4.69, 9.17) is 9.72 Å². The number of amides is 1. The van der Waals surface area contributed by atoms with Gasteiger partial charge in [0.05, 0.1) is 22.9 Å². The molecule has 32 heavy (non-hydrogen) atoms. The van der Waals surface area contributed by atoms with Gasteiger partial charge in [-0.25, -0.2) is 9.78 Å². The number of rotatable bonds is 8. The smallest absolute Gasteiger partial charge is 0.337 e. The van der Waals surface area contributed by atoms with Crippen molar-refractivity contribution in [1.29, 1.82) is 0 Å². The van der Waals surface area contributed by atoms with Crippen molar-refractivity contribution in [2.75, 3.05) is 38.2 Å². The molecule has 1 amide bonds. The first-order valence-corrected chi connectivity index (χ1v) is 11.3. The van der Waals surface area contributed by atoms with Crippen LogP contribution in [0.3, 0.4) is 0 Å². The highest BCUT2D eigenvalue weighted by Crippen LogP contribution is 2.31. The predicted molar refractivity (Wildman–Crippen MR) is 134 cm³/mol. The lowest BCUT2D eigenvalue weighted by molar-refractivity contribution is 0.0600. The van der Waals surface area contributed by atoms with Crippen LogP contribution in [0.25, 0.3) is 10.2 Å². The van der Waals surface area contributed by atoms with Crippen LogP contribution in [0.4, 0.5) is 5.13 Å². The van der Waals surface area contributed by atoms with E-state index in [9.17, 15) is 9.59 Å². The molecule has 2 aromatic carbocycles. The molecule has 6 nitrogen and oxygen atoms in total. The van der Waals surface area contributed by atoms with Gasteiger partial charge in [-0.2, -0.15) is 0 Å². The number of carbonyl (C=O) groups excluding carboxylic acids is 2. The molecule has 0 saturated carbocycles. The summed E-state index contributed by atoms with van der Waals surface area (Å²) < 4.78 is 5.82. The third-order valence-electron chi connectivity index (χ3n) is 5.56. The molecule has 0 saturated heterocycles. The minimum absolute atomic E-state index is 0. The van der Waals surface area contributed by atoms with Crippen LogP contribution in [-0.4, -0.2) is 55.0 Å². The molecule has 8 heteroatoms. The van der Waals surface area contributed by atoms with Gasteiger partial charge in [-0.05, 0) is 74.5 Å². The van der Waals surface area contributed by atoms with Gasteiger partial charge in [0.15, 0.2) is 5.13 Å². The Kier molecular flexibility index (Phi) is 9.19. The number of aryl methyl sites for hydroxylation is 2. The lowest BCUT2D eigenvalue weighted by atomic mass is 10.1. The summed E-state index contributed by atoms with van der Waals surface area (Å²) in [6, 6.07) is 10.8. The van der Waals surface area contributed by atoms with E-state index in [-0.39, 0.29) is 18.3 Å². The fourth-order valence-corrected chi connectivity index (χ4v) is 4.44. The van der Waals surface area contributed by atoms with Gasteiger partial charge in [0, 0.05) is 18.7 Å². The molecular formula is C24H30ClN3O3S. The van der Waals surface area contributed by atoms with Gasteiger partial charge >= 0.3 is 5.97 Å². The summed E-state index contributed by atoms with van der Waals surface area (Å²) in [6.07, 6.45) is 0. The molecule has 0 radical (unpaired) electrons. The molecule has 172 valence electrons. The van der Waals surface area contributed by atoms with Gasteiger partial charge in [0.1, 0.15) is 0 Å². The number of aromatic nitrogens is 1. The second kappa shape index (κ2) is 11.4. The predicted octanol–water partition coefficient (Wildman–Crippen LogP) is 5.11. The summed E-state index contributed by atoms with van der Waals surface area (Å²) in [5.41, 5.74) is 4.23. The average molecular weight is 476 g/mol. The second-order valence-electron chi connectivity index (χ2n) is 7.45. The normalized spacial score (nSPS) is 10.8. The van der Waals surface area contributed by atoms with Crippen molar-refractivity contribution < 1.29 is 14.3 Å². The van der Waals surface area contributed by atoms with E-state index >= 15 is 0 Å². The minimum Gasteiger partial charge on any atom is -0.465 e. The topological polar surface area (TPSA) is 62.7 Å². The van der Waals surface area contributed by atoms with Crippen LogP contribution in [0.15, 0.2) is 36.4 Å². The number of methoxy groups -OCH3 is 1. The molecule has 1 heterocycles. The summed E-state index contributed by atoms with van der Waals surface area (Å²) in [7, 11) is 1.34. The Hall–Kier alpha value is -2.48. The molecule has 3 rings (SSSR count). The van der Waals surface area contributed by atoms with E-state index in [2.05, 4.69) is 44.7 Å². The summed E-state index contributed by atoms with van der Waals surface area (Å²) in [6.45, 7) is 11.5. The third-order valence-corrected chi connectivity index (χ3v) is 6.60. The van der Waals surface area contributed by atoms with E-state index in [0.29, 0.717) is 22.8 Å². The van der Waals surface area contributed by atoms with Gasteiger partial charge in [0.2, 0.25) is 0 Å². The molecule has 0 fully saturated rings. The van der Waals surface area contributed by atoms with Crippen LogP contribution >= 0.6 is 23.7 Å². The van der Waals surface area contributed by atoms with E-state index in [1.807, 2.05) is 0 Å². The lowest BCUT2D eigenvalue weighted by Crippen LogP contribution is -2.38. The van der Waals surface area contributed by atoms with E-state index in [1.54, 1.807) is 29.2 Å². The number of thiazole rings is 1. The van der Waals surface area contributed by atoms with Crippen LogP contribution in [0.2, 0.25) is 0 Å². The molecule has 0 aliphatic rings. The summed E-state index contributed by atoms with van der Waals surface area (Å²) >= 11 is 1.53. The van der Waals surface area contributed by atoms with E-state index in [1.165, 1.54) is 29.6 Å². The van der Waals surface area contributed by atoms with Crippen LogP contribution in [-0.2, 0) is 4.74 Å². The first-order valence-electron chi connectivity index (χ1n) is 10.5. The highest BCUT2D eigenvalue weighted by atomic mass is 35.5. The second-order valence-corrected chi connectivity index (χ2v) is 8.46.